The summed E-state index contributed by atoms with van der Waals surface area (Å²) in [7, 11) is 0. The fraction of sp³-hybridized carbons (Fsp3) is 0.633. The highest BCUT2D eigenvalue weighted by molar-refractivity contribution is 5.82. The minimum Gasteiger partial charge on any atom is -0.380 e. The van der Waals surface area contributed by atoms with Crippen LogP contribution in [0.3, 0.4) is 0 Å². The molecule has 3 N–H and O–H groups in total. The minimum atomic E-state index is -0.316. The molecular weight excluding hydrogens is 418 g/mol. The fourth-order valence-corrected chi connectivity index (χ4v) is 4.11. The zero-order valence-electron chi connectivity index (χ0n) is 22.8. The van der Waals surface area contributed by atoms with Gasteiger partial charge in [0.2, 0.25) is 5.91 Å². The largest absolute Gasteiger partial charge is 0.380 e. The number of nitrogens with one attached hydrogen (secondary N) is 3. The second-order valence-electron chi connectivity index (χ2n) is 11.2. The van der Waals surface area contributed by atoms with E-state index in [0.717, 1.165) is 37.2 Å². The van der Waals surface area contributed by atoms with Gasteiger partial charge in [-0.15, -0.1) is 0 Å². The Balaban J connectivity index is 2.76. The van der Waals surface area contributed by atoms with Gasteiger partial charge in [0.05, 0.1) is 6.04 Å². The molecule has 1 aromatic carbocycles. The summed E-state index contributed by atoms with van der Waals surface area (Å²) in [6, 6.07) is 10.0. The maximum Gasteiger partial charge on any atom is 0.242 e. The molecule has 34 heavy (non-hydrogen) atoms. The van der Waals surface area contributed by atoms with Crippen molar-refractivity contribution in [2.24, 2.45) is 11.3 Å². The number of allylic oxidation sites excluding steroid dienone is 1. The summed E-state index contributed by atoms with van der Waals surface area (Å²) in [6.45, 7) is 22.4. The van der Waals surface area contributed by atoms with Gasteiger partial charge in [0.1, 0.15) is 6.04 Å². The second-order valence-corrected chi connectivity index (χ2v) is 11.2. The Labute approximate surface area is 210 Å². The van der Waals surface area contributed by atoms with Crippen LogP contribution < -0.4 is 16.0 Å². The van der Waals surface area contributed by atoms with E-state index in [4.69, 9.17) is 0 Å². The predicted octanol–water partition coefficient (Wildman–Crippen LogP) is 6.74. The van der Waals surface area contributed by atoms with Crippen molar-refractivity contribution in [3.63, 3.8) is 0 Å². The summed E-state index contributed by atoms with van der Waals surface area (Å²) in [6.07, 6.45) is 8.95. The van der Waals surface area contributed by atoms with Gasteiger partial charge in [-0.25, -0.2) is 0 Å². The van der Waals surface area contributed by atoms with Gasteiger partial charge >= 0.3 is 0 Å². The first-order valence-corrected chi connectivity index (χ1v) is 13.2. The van der Waals surface area contributed by atoms with Crippen molar-refractivity contribution in [1.29, 1.82) is 0 Å². The Morgan fingerprint density at radius 2 is 1.56 bits per heavy atom. The van der Waals surface area contributed by atoms with Crippen molar-refractivity contribution in [3.05, 3.63) is 60.4 Å². The van der Waals surface area contributed by atoms with Crippen LogP contribution in [0.4, 0.5) is 0 Å². The van der Waals surface area contributed by atoms with E-state index in [1.807, 2.05) is 6.07 Å². The highest BCUT2D eigenvalue weighted by atomic mass is 16.2. The molecule has 0 spiro atoms. The first-order valence-electron chi connectivity index (χ1n) is 13.2. The summed E-state index contributed by atoms with van der Waals surface area (Å²) in [5, 5.41) is 10.2. The van der Waals surface area contributed by atoms with Gasteiger partial charge in [-0.1, -0.05) is 117 Å². The summed E-state index contributed by atoms with van der Waals surface area (Å²) in [4.78, 5) is 13.0. The van der Waals surface area contributed by atoms with E-state index >= 15 is 0 Å². The highest BCUT2D eigenvalue weighted by Gasteiger charge is 2.25. The van der Waals surface area contributed by atoms with Crippen LogP contribution in [0, 0.1) is 11.3 Å². The van der Waals surface area contributed by atoms with E-state index in [0.29, 0.717) is 0 Å². The topological polar surface area (TPSA) is 53.2 Å². The van der Waals surface area contributed by atoms with Crippen molar-refractivity contribution in [1.82, 2.24) is 16.0 Å². The molecular formula is C30H51N3O. The molecule has 192 valence electrons. The maximum absolute atomic E-state index is 13.0. The van der Waals surface area contributed by atoms with E-state index < -0.39 is 0 Å². The van der Waals surface area contributed by atoms with Crippen LogP contribution in [0.25, 0.3) is 0 Å². The second kappa shape index (κ2) is 15.6. The number of amides is 1. The number of unbranched alkanes of at least 4 members (excludes halogenated alkanes) is 5. The first kappa shape index (κ1) is 29.8. The van der Waals surface area contributed by atoms with Crippen molar-refractivity contribution in [2.45, 2.75) is 105 Å². The van der Waals surface area contributed by atoms with Crippen LogP contribution in [-0.4, -0.2) is 24.5 Å². The van der Waals surface area contributed by atoms with Crippen LogP contribution in [0.1, 0.15) is 92.1 Å². The first-order chi connectivity index (χ1) is 16.0. The Kier molecular flexibility index (Phi) is 13.7. The number of hydrogen-bond donors (Lipinski definition) is 3. The molecule has 1 amide bonds. The fourth-order valence-electron chi connectivity index (χ4n) is 4.11. The summed E-state index contributed by atoms with van der Waals surface area (Å²) >= 11 is 0. The molecule has 4 heteroatoms. The van der Waals surface area contributed by atoms with Gasteiger partial charge in [0.25, 0.3) is 0 Å². The lowest BCUT2D eigenvalue weighted by Gasteiger charge is -2.31. The molecule has 0 aliphatic carbocycles. The summed E-state index contributed by atoms with van der Waals surface area (Å²) in [5.41, 5.74) is 3.19. The average molecular weight is 470 g/mol. The third-order valence-electron chi connectivity index (χ3n) is 5.94. The highest BCUT2D eigenvalue weighted by Crippen LogP contribution is 2.23. The van der Waals surface area contributed by atoms with Crippen molar-refractivity contribution >= 4 is 5.91 Å². The number of rotatable bonds is 17. The molecule has 0 aromatic heterocycles. The maximum atomic E-state index is 13.0. The standard InChI is InChI=1S/C30H51N3O/c1-9-10-11-12-13-17-20-31-29(34)28(23(2)3)33-25(5)27(21-26-18-15-14-16-19-26)32-24(4)22-30(6,7)8/h14-16,18-19,23,27-28,32-33H,4-5,9-13,17,20-22H2,1-3,6-8H3,(H,31,34). The van der Waals surface area contributed by atoms with Gasteiger partial charge in [0.15, 0.2) is 0 Å². The molecule has 0 saturated heterocycles. The zero-order valence-corrected chi connectivity index (χ0v) is 22.8. The van der Waals surface area contributed by atoms with E-state index in [2.05, 4.69) is 94.9 Å². The van der Waals surface area contributed by atoms with E-state index in [1.165, 1.54) is 37.7 Å². The van der Waals surface area contributed by atoms with Crippen LogP contribution in [0.15, 0.2) is 54.9 Å². The molecule has 0 aliphatic rings. The Bertz CT molecular complexity index is 733. The van der Waals surface area contributed by atoms with Gasteiger partial charge in [-0.2, -0.15) is 0 Å². The molecule has 0 radical (unpaired) electrons. The minimum absolute atomic E-state index is 0.0511. The van der Waals surface area contributed by atoms with Crippen LogP contribution in [0.2, 0.25) is 0 Å². The normalized spacial score (nSPS) is 13.3. The van der Waals surface area contributed by atoms with Gasteiger partial charge in [-0.3, -0.25) is 4.79 Å². The van der Waals surface area contributed by atoms with E-state index in [1.54, 1.807) is 0 Å². The molecule has 0 saturated carbocycles. The Morgan fingerprint density at radius 1 is 0.941 bits per heavy atom. The van der Waals surface area contributed by atoms with E-state index in [-0.39, 0.29) is 29.3 Å². The molecule has 0 bridgehead atoms. The zero-order chi connectivity index (χ0) is 25.6. The summed E-state index contributed by atoms with van der Waals surface area (Å²) < 4.78 is 0. The van der Waals surface area contributed by atoms with Crippen LogP contribution >= 0.6 is 0 Å². The lowest BCUT2D eigenvalue weighted by atomic mass is 9.90. The van der Waals surface area contributed by atoms with Crippen molar-refractivity contribution < 1.29 is 4.79 Å². The number of benzene rings is 1. The molecule has 1 aromatic rings. The molecule has 0 aliphatic heterocycles. The third kappa shape index (κ3) is 12.9. The summed E-state index contributed by atoms with van der Waals surface area (Å²) in [5.74, 6) is 0.202. The molecule has 0 heterocycles. The molecule has 1 rings (SSSR count). The van der Waals surface area contributed by atoms with Crippen molar-refractivity contribution in [2.75, 3.05) is 6.54 Å². The molecule has 2 atom stereocenters. The van der Waals surface area contributed by atoms with Gasteiger partial charge < -0.3 is 16.0 Å². The SMILES string of the molecule is C=C(CC(C)(C)C)NC(Cc1ccccc1)C(=C)NC(C(=O)NCCCCCCCC)C(C)C. The number of hydrogen-bond acceptors (Lipinski definition) is 3. The number of carbonyl (C=O) groups excluding carboxylic acids is 1. The van der Waals surface area contributed by atoms with Crippen molar-refractivity contribution in [3.8, 4) is 0 Å². The average Bonchev–Trinajstić information content (AvgIpc) is 2.75. The smallest absolute Gasteiger partial charge is 0.242 e. The monoisotopic (exact) mass is 469 g/mol. The van der Waals surface area contributed by atoms with Gasteiger partial charge in [0, 0.05) is 17.9 Å². The van der Waals surface area contributed by atoms with E-state index in [9.17, 15) is 4.79 Å². The Morgan fingerprint density at radius 3 is 2.15 bits per heavy atom. The van der Waals surface area contributed by atoms with Crippen LogP contribution in [-0.2, 0) is 11.2 Å². The predicted molar refractivity (Wildman–Crippen MR) is 148 cm³/mol. The third-order valence-corrected chi connectivity index (χ3v) is 5.94. The molecule has 2 unspecified atom stereocenters. The quantitative estimate of drug-likeness (QED) is 0.221. The number of carbonyl (C=O) groups is 1. The lowest BCUT2D eigenvalue weighted by Crippen LogP contribution is -2.50. The molecule has 0 fully saturated rings. The van der Waals surface area contributed by atoms with Gasteiger partial charge in [-0.05, 0) is 36.2 Å². The Hall–Kier alpha value is -2.23. The molecule has 4 nitrogen and oxygen atoms in total. The lowest BCUT2D eigenvalue weighted by molar-refractivity contribution is -0.124. The van der Waals surface area contributed by atoms with Crippen LogP contribution in [0.5, 0.6) is 0 Å².